The van der Waals surface area contributed by atoms with E-state index in [0.717, 1.165) is 18.1 Å². The third-order valence-electron chi connectivity index (χ3n) is 4.03. The number of rotatable bonds is 5. The number of ether oxygens (including phenoxy) is 1. The fourth-order valence-corrected chi connectivity index (χ4v) is 3.64. The molecule has 2 rings (SSSR count). The summed E-state index contributed by atoms with van der Waals surface area (Å²) in [5, 5.41) is 2.72. The predicted octanol–water partition coefficient (Wildman–Crippen LogP) is 2.26. The summed E-state index contributed by atoms with van der Waals surface area (Å²) >= 11 is 1.50. The highest BCUT2D eigenvalue weighted by Crippen LogP contribution is 2.25. The fraction of sp³-hybridized carbons (Fsp3) is 0.733. The zero-order valence-corrected chi connectivity index (χ0v) is 14.3. The van der Waals surface area contributed by atoms with Gasteiger partial charge in [0.05, 0.1) is 0 Å². The van der Waals surface area contributed by atoms with Gasteiger partial charge in [-0.25, -0.2) is 4.98 Å². The van der Waals surface area contributed by atoms with E-state index in [1.807, 2.05) is 24.1 Å². The van der Waals surface area contributed by atoms with Crippen LogP contribution >= 0.6 is 11.3 Å². The maximum atomic E-state index is 12.6. The lowest BCUT2D eigenvalue weighted by Crippen LogP contribution is -2.35. The van der Waals surface area contributed by atoms with Crippen LogP contribution in [0.4, 0.5) is 0 Å². The average molecular weight is 311 g/mol. The van der Waals surface area contributed by atoms with Gasteiger partial charge in [0.2, 0.25) is 0 Å². The number of thiazole rings is 1. The number of nitrogens with zero attached hydrogens (tertiary/aromatic N) is 3. The van der Waals surface area contributed by atoms with Gasteiger partial charge in [-0.05, 0) is 33.9 Å². The van der Waals surface area contributed by atoms with E-state index in [2.05, 4.69) is 30.9 Å². The van der Waals surface area contributed by atoms with Gasteiger partial charge in [-0.15, -0.1) is 11.3 Å². The second-order valence-electron chi connectivity index (χ2n) is 5.89. The highest BCUT2D eigenvalue weighted by molar-refractivity contribution is 7.09. The van der Waals surface area contributed by atoms with Crippen LogP contribution in [0.15, 0.2) is 5.38 Å². The number of hydrogen-bond donors (Lipinski definition) is 0. The van der Waals surface area contributed by atoms with E-state index in [4.69, 9.17) is 4.74 Å². The number of likely N-dealkylation sites (tertiary alicyclic amines) is 1. The summed E-state index contributed by atoms with van der Waals surface area (Å²) in [4.78, 5) is 21.1. The van der Waals surface area contributed by atoms with Crippen LogP contribution in [0.2, 0.25) is 0 Å². The number of hydrogen-bond acceptors (Lipinski definition) is 5. The Hall–Kier alpha value is -0.980. The van der Waals surface area contributed by atoms with Gasteiger partial charge < -0.3 is 14.5 Å². The first kappa shape index (κ1) is 16.4. The van der Waals surface area contributed by atoms with Crippen molar-refractivity contribution in [3.05, 3.63) is 16.1 Å². The normalized spacial score (nSPS) is 23.8. The van der Waals surface area contributed by atoms with Gasteiger partial charge in [0.15, 0.2) is 0 Å². The van der Waals surface area contributed by atoms with Crippen LogP contribution in [0.1, 0.15) is 42.4 Å². The smallest absolute Gasteiger partial charge is 0.273 e. The fourth-order valence-electron chi connectivity index (χ4n) is 2.84. The summed E-state index contributed by atoms with van der Waals surface area (Å²) in [5.74, 6) is 0.529. The van der Waals surface area contributed by atoms with Crippen molar-refractivity contribution in [2.24, 2.45) is 5.92 Å². The van der Waals surface area contributed by atoms with Crippen molar-refractivity contribution in [3.8, 4) is 0 Å². The van der Waals surface area contributed by atoms with Gasteiger partial charge in [0.1, 0.15) is 16.8 Å². The predicted molar refractivity (Wildman–Crippen MR) is 84.7 cm³/mol. The van der Waals surface area contributed by atoms with Crippen molar-refractivity contribution in [1.82, 2.24) is 14.8 Å². The van der Waals surface area contributed by atoms with Gasteiger partial charge >= 0.3 is 0 Å². The van der Waals surface area contributed by atoms with Crippen molar-refractivity contribution in [2.45, 2.75) is 32.9 Å². The molecular formula is C15H25N3O2S. The molecule has 21 heavy (non-hydrogen) atoms. The Morgan fingerprint density at radius 2 is 2.29 bits per heavy atom. The number of amides is 1. The van der Waals surface area contributed by atoms with Gasteiger partial charge in [-0.1, -0.05) is 6.92 Å². The SMILES string of the molecule is CCO[C@H](C)c1nc(C(=O)N2C[C@@H](C)[C@@H](N(C)C)C2)cs1. The summed E-state index contributed by atoms with van der Waals surface area (Å²) < 4.78 is 5.53. The van der Waals surface area contributed by atoms with Crippen LogP contribution in [0.25, 0.3) is 0 Å². The maximum Gasteiger partial charge on any atom is 0.273 e. The molecule has 0 aromatic carbocycles. The zero-order valence-electron chi connectivity index (χ0n) is 13.5. The third-order valence-corrected chi connectivity index (χ3v) is 5.03. The topological polar surface area (TPSA) is 45.7 Å². The van der Waals surface area contributed by atoms with Gasteiger partial charge in [-0.3, -0.25) is 4.79 Å². The van der Waals surface area contributed by atoms with E-state index in [9.17, 15) is 4.79 Å². The molecule has 0 radical (unpaired) electrons. The molecule has 1 aliphatic heterocycles. The van der Waals surface area contributed by atoms with Crippen molar-refractivity contribution in [2.75, 3.05) is 33.8 Å². The van der Waals surface area contributed by atoms with Gasteiger partial charge in [-0.2, -0.15) is 0 Å². The van der Waals surface area contributed by atoms with Crippen LogP contribution in [0.3, 0.4) is 0 Å². The molecule has 1 saturated heterocycles. The highest BCUT2D eigenvalue weighted by Gasteiger charge is 2.34. The average Bonchev–Trinajstić information content (AvgIpc) is 3.04. The van der Waals surface area contributed by atoms with E-state index >= 15 is 0 Å². The molecule has 1 fully saturated rings. The molecule has 6 heteroatoms. The maximum absolute atomic E-state index is 12.6. The van der Waals surface area contributed by atoms with E-state index in [-0.39, 0.29) is 12.0 Å². The molecule has 0 unspecified atom stereocenters. The second-order valence-corrected chi connectivity index (χ2v) is 6.78. The lowest BCUT2D eigenvalue weighted by molar-refractivity contribution is 0.0743. The summed E-state index contributed by atoms with van der Waals surface area (Å²) in [6.07, 6.45) is -0.0476. The standard InChI is InChI=1S/C15H25N3O2S/c1-6-20-11(3)14-16-12(9-21-14)15(19)18-7-10(2)13(8-18)17(4)5/h9-11,13H,6-8H2,1-5H3/t10-,11-,13+/m1/s1. The Balaban J connectivity index is 2.04. The van der Waals surface area contributed by atoms with E-state index < -0.39 is 0 Å². The van der Waals surface area contributed by atoms with Crippen LogP contribution in [-0.4, -0.2) is 60.5 Å². The monoisotopic (exact) mass is 311 g/mol. The minimum absolute atomic E-state index is 0.0393. The zero-order chi connectivity index (χ0) is 15.6. The highest BCUT2D eigenvalue weighted by atomic mass is 32.1. The molecule has 0 spiro atoms. The summed E-state index contributed by atoms with van der Waals surface area (Å²) in [5.41, 5.74) is 0.549. The minimum atomic E-state index is -0.0476. The number of likely N-dealkylation sites (N-methyl/N-ethyl adjacent to an activating group) is 1. The lowest BCUT2D eigenvalue weighted by Gasteiger charge is -2.22. The minimum Gasteiger partial charge on any atom is -0.372 e. The number of carbonyl (C=O) groups is 1. The quantitative estimate of drug-likeness (QED) is 0.837. The molecule has 118 valence electrons. The molecule has 0 saturated carbocycles. The first-order valence-corrected chi connectivity index (χ1v) is 8.34. The summed E-state index contributed by atoms with van der Waals surface area (Å²) in [6, 6.07) is 0.425. The van der Waals surface area contributed by atoms with Crippen molar-refractivity contribution >= 4 is 17.2 Å². The molecule has 1 aromatic heterocycles. The largest absolute Gasteiger partial charge is 0.372 e. The van der Waals surface area contributed by atoms with E-state index in [0.29, 0.717) is 24.3 Å². The summed E-state index contributed by atoms with van der Waals surface area (Å²) in [6.45, 7) is 8.36. The molecule has 3 atom stereocenters. The van der Waals surface area contributed by atoms with Gasteiger partial charge in [0, 0.05) is 31.1 Å². The second kappa shape index (κ2) is 6.85. The van der Waals surface area contributed by atoms with Crippen molar-refractivity contribution in [3.63, 3.8) is 0 Å². The van der Waals surface area contributed by atoms with Crippen molar-refractivity contribution < 1.29 is 9.53 Å². The third kappa shape index (κ3) is 3.62. The molecule has 2 heterocycles. The Labute approximate surface area is 130 Å². The Morgan fingerprint density at radius 3 is 2.86 bits per heavy atom. The van der Waals surface area contributed by atoms with Crippen LogP contribution in [-0.2, 0) is 4.74 Å². The molecular weight excluding hydrogens is 286 g/mol. The molecule has 0 bridgehead atoms. The molecule has 0 N–H and O–H groups in total. The summed E-state index contributed by atoms with van der Waals surface area (Å²) in [7, 11) is 4.14. The van der Waals surface area contributed by atoms with Crippen LogP contribution < -0.4 is 0 Å². The van der Waals surface area contributed by atoms with Crippen molar-refractivity contribution in [1.29, 1.82) is 0 Å². The van der Waals surface area contributed by atoms with Crippen LogP contribution in [0, 0.1) is 5.92 Å². The Bertz CT molecular complexity index is 489. The molecule has 5 nitrogen and oxygen atoms in total. The van der Waals surface area contributed by atoms with Crippen LogP contribution in [0.5, 0.6) is 0 Å². The molecule has 1 aromatic rings. The number of aromatic nitrogens is 1. The Morgan fingerprint density at radius 1 is 1.57 bits per heavy atom. The molecule has 0 aliphatic carbocycles. The van der Waals surface area contributed by atoms with E-state index in [1.54, 1.807) is 0 Å². The lowest BCUT2D eigenvalue weighted by atomic mass is 10.1. The van der Waals surface area contributed by atoms with E-state index in [1.165, 1.54) is 11.3 Å². The first-order chi connectivity index (χ1) is 9.93. The number of carbonyl (C=O) groups excluding carboxylic acids is 1. The first-order valence-electron chi connectivity index (χ1n) is 7.46. The molecule has 1 aliphatic rings. The Kier molecular flexibility index (Phi) is 5.35. The van der Waals surface area contributed by atoms with Gasteiger partial charge in [0.25, 0.3) is 5.91 Å². The molecule has 1 amide bonds.